The maximum absolute atomic E-state index is 13.5. The molecule has 0 bridgehead atoms. The standard InChI is InChI=1S/C30H32N2O2/c1-17-8-5-9-18(2)27(17)32-19(3)14-24(20(32)4)26-29(33)25(30(26)34)23-15-21-10-6-12-31-13-7-11-22(16-23)28(21)31/h5,8-9,14-16,25-26H,6-7,10-13H2,1-4H3. The largest absolute Gasteiger partial charge is 0.371 e. The molecule has 2 aromatic carbocycles. The van der Waals surface area contributed by atoms with Crippen LogP contribution in [-0.2, 0) is 22.4 Å². The van der Waals surface area contributed by atoms with Gasteiger partial charge in [0.15, 0.2) is 11.6 Å². The molecule has 3 aliphatic rings. The van der Waals surface area contributed by atoms with Gasteiger partial charge in [0.05, 0.1) is 5.69 Å². The SMILES string of the molecule is Cc1cccc(C)c1-n1c(C)cc(C2C(=O)C(c3cc4c5c(c3)CCCN5CCC4)C2=O)c1C. The van der Waals surface area contributed by atoms with E-state index in [1.54, 1.807) is 0 Å². The normalized spacial score (nSPS) is 21.5. The predicted octanol–water partition coefficient (Wildman–Crippen LogP) is 5.43. The second-order valence-electron chi connectivity index (χ2n) is 10.5. The zero-order valence-electron chi connectivity index (χ0n) is 20.6. The summed E-state index contributed by atoms with van der Waals surface area (Å²) in [5.74, 6) is -1.13. The third kappa shape index (κ3) is 2.97. The number of para-hydroxylation sites is 1. The van der Waals surface area contributed by atoms with Crippen molar-refractivity contribution in [2.75, 3.05) is 18.0 Å². The molecular weight excluding hydrogens is 420 g/mol. The van der Waals surface area contributed by atoms with Crippen molar-refractivity contribution >= 4 is 17.3 Å². The van der Waals surface area contributed by atoms with Crippen LogP contribution in [0.4, 0.5) is 5.69 Å². The number of ketones is 2. The van der Waals surface area contributed by atoms with Crippen molar-refractivity contribution in [2.24, 2.45) is 0 Å². The Balaban J connectivity index is 1.36. The Morgan fingerprint density at radius 3 is 1.94 bits per heavy atom. The van der Waals surface area contributed by atoms with E-state index >= 15 is 0 Å². The van der Waals surface area contributed by atoms with E-state index in [4.69, 9.17) is 0 Å². The third-order valence-electron chi connectivity index (χ3n) is 8.27. The van der Waals surface area contributed by atoms with Gasteiger partial charge in [-0.25, -0.2) is 0 Å². The van der Waals surface area contributed by atoms with Crippen LogP contribution in [0, 0.1) is 27.7 Å². The van der Waals surface area contributed by atoms with Crippen LogP contribution < -0.4 is 4.90 Å². The van der Waals surface area contributed by atoms with Crippen LogP contribution >= 0.6 is 0 Å². The van der Waals surface area contributed by atoms with Gasteiger partial charge in [-0.05, 0) is 92.8 Å². The minimum atomic E-state index is -0.641. The highest BCUT2D eigenvalue weighted by atomic mass is 16.2. The average Bonchev–Trinajstić information content (AvgIpc) is 3.08. The molecule has 3 aromatic rings. The molecule has 0 amide bonds. The van der Waals surface area contributed by atoms with Crippen molar-refractivity contribution in [1.82, 2.24) is 4.57 Å². The van der Waals surface area contributed by atoms with E-state index < -0.39 is 11.8 Å². The molecule has 0 saturated heterocycles. The Morgan fingerprint density at radius 2 is 1.35 bits per heavy atom. The van der Waals surface area contributed by atoms with Gasteiger partial charge in [-0.3, -0.25) is 9.59 Å². The van der Waals surface area contributed by atoms with Crippen LogP contribution in [0.15, 0.2) is 36.4 Å². The summed E-state index contributed by atoms with van der Waals surface area (Å²) >= 11 is 0. The molecule has 2 aliphatic heterocycles. The number of hydrogen-bond acceptors (Lipinski definition) is 3. The quantitative estimate of drug-likeness (QED) is 0.498. The molecule has 0 N–H and O–H groups in total. The number of nitrogens with zero attached hydrogens (tertiary/aromatic N) is 2. The number of rotatable bonds is 3. The van der Waals surface area contributed by atoms with Crippen LogP contribution in [0.3, 0.4) is 0 Å². The Kier molecular flexibility index (Phi) is 4.84. The molecule has 0 atom stereocenters. The van der Waals surface area contributed by atoms with Crippen molar-refractivity contribution in [1.29, 1.82) is 0 Å². The summed E-state index contributed by atoms with van der Waals surface area (Å²) in [5, 5.41) is 0. The van der Waals surface area contributed by atoms with E-state index in [1.807, 2.05) is 13.0 Å². The van der Waals surface area contributed by atoms with E-state index in [1.165, 1.54) is 27.9 Å². The number of aryl methyl sites for hydroxylation is 5. The van der Waals surface area contributed by atoms with E-state index in [-0.39, 0.29) is 11.6 Å². The third-order valence-corrected chi connectivity index (χ3v) is 8.27. The number of Topliss-reactive ketones (excluding diaryl/α,β-unsaturated/α-hetero) is 2. The monoisotopic (exact) mass is 452 g/mol. The summed E-state index contributed by atoms with van der Waals surface area (Å²) in [6.07, 6.45) is 4.38. The van der Waals surface area contributed by atoms with Crippen LogP contribution in [0.25, 0.3) is 5.69 Å². The summed E-state index contributed by atoms with van der Waals surface area (Å²) in [7, 11) is 0. The van der Waals surface area contributed by atoms with Gasteiger partial charge in [0.1, 0.15) is 11.8 Å². The molecule has 1 aromatic heterocycles. The van der Waals surface area contributed by atoms with Crippen molar-refractivity contribution < 1.29 is 9.59 Å². The molecule has 4 heteroatoms. The van der Waals surface area contributed by atoms with E-state index in [0.29, 0.717) is 0 Å². The Bertz CT molecular complexity index is 1300. The zero-order valence-corrected chi connectivity index (χ0v) is 20.6. The van der Waals surface area contributed by atoms with Crippen LogP contribution in [0.1, 0.15) is 69.4 Å². The number of aromatic nitrogens is 1. The molecule has 1 aliphatic carbocycles. The molecule has 0 unspecified atom stereocenters. The summed E-state index contributed by atoms with van der Waals surface area (Å²) in [6, 6.07) is 12.7. The summed E-state index contributed by atoms with van der Waals surface area (Å²) in [6.45, 7) is 10.6. The number of carbonyl (C=O) groups is 2. The summed E-state index contributed by atoms with van der Waals surface area (Å²) in [5.41, 5.74) is 11.4. The average molecular weight is 453 g/mol. The zero-order chi connectivity index (χ0) is 23.7. The summed E-state index contributed by atoms with van der Waals surface area (Å²) < 4.78 is 2.21. The van der Waals surface area contributed by atoms with Crippen molar-refractivity contribution in [2.45, 2.75) is 65.2 Å². The van der Waals surface area contributed by atoms with Crippen molar-refractivity contribution in [3.05, 3.63) is 81.2 Å². The topological polar surface area (TPSA) is 42.3 Å². The summed E-state index contributed by atoms with van der Waals surface area (Å²) in [4.78, 5) is 29.5. The van der Waals surface area contributed by atoms with Gasteiger partial charge in [0, 0.05) is 30.2 Å². The molecule has 0 spiro atoms. The fourth-order valence-electron chi connectivity index (χ4n) is 6.73. The van der Waals surface area contributed by atoms with Gasteiger partial charge in [-0.2, -0.15) is 0 Å². The lowest BCUT2D eigenvalue weighted by Gasteiger charge is -2.39. The molecule has 174 valence electrons. The molecule has 0 radical (unpaired) electrons. The first-order valence-corrected chi connectivity index (χ1v) is 12.6. The fraction of sp³-hybridized carbons (Fsp3) is 0.400. The Hall–Kier alpha value is -3.14. The van der Waals surface area contributed by atoms with Gasteiger partial charge in [0.25, 0.3) is 0 Å². The first kappa shape index (κ1) is 21.4. The van der Waals surface area contributed by atoms with Gasteiger partial charge >= 0.3 is 0 Å². The van der Waals surface area contributed by atoms with Crippen LogP contribution in [0.5, 0.6) is 0 Å². The van der Waals surface area contributed by atoms with Gasteiger partial charge in [-0.1, -0.05) is 30.3 Å². The molecule has 3 heterocycles. The highest BCUT2D eigenvalue weighted by Gasteiger charge is 2.51. The Morgan fingerprint density at radius 1 is 0.765 bits per heavy atom. The molecule has 1 fully saturated rings. The lowest BCUT2D eigenvalue weighted by molar-refractivity contribution is -0.142. The van der Waals surface area contributed by atoms with Gasteiger partial charge in [-0.15, -0.1) is 0 Å². The maximum atomic E-state index is 13.5. The maximum Gasteiger partial charge on any atom is 0.162 e. The number of carbonyl (C=O) groups excluding carboxylic acids is 2. The molecule has 6 rings (SSSR count). The first-order valence-electron chi connectivity index (χ1n) is 12.6. The number of anilines is 1. The lowest BCUT2D eigenvalue weighted by Crippen LogP contribution is -2.45. The molecule has 34 heavy (non-hydrogen) atoms. The Labute approximate surface area is 201 Å². The smallest absolute Gasteiger partial charge is 0.162 e. The highest BCUT2D eigenvalue weighted by molar-refractivity contribution is 6.31. The minimum Gasteiger partial charge on any atom is -0.371 e. The minimum absolute atomic E-state index is 0.0578. The second kappa shape index (κ2) is 7.69. The fourth-order valence-corrected chi connectivity index (χ4v) is 6.73. The predicted molar refractivity (Wildman–Crippen MR) is 136 cm³/mol. The second-order valence-corrected chi connectivity index (χ2v) is 10.5. The van der Waals surface area contributed by atoms with Crippen LogP contribution in [0.2, 0.25) is 0 Å². The lowest BCUT2D eigenvalue weighted by atomic mass is 9.65. The molecule has 4 nitrogen and oxygen atoms in total. The van der Waals surface area contributed by atoms with Crippen LogP contribution in [-0.4, -0.2) is 29.2 Å². The number of benzene rings is 2. The molecule has 1 saturated carbocycles. The highest BCUT2D eigenvalue weighted by Crippen LogP contribution is 2.46. The van der Waals surface area contributed by atoms with Crippen molar-refractivity contribution in [3.63, 3.8) is 0 Å². The van der Waals surface area contributed by atoms with E-state index in [2.05, 4.69) is 60.6 Å². The van der Waals surface area contributed by atoms with E-state index in [0.717, 1.165) is 67.0 Å². The van der Waals surface area contributed by atoms with Crippen molar-refractivity contribution in [3.8, 4) is 5.69 Å². The van der Waals surface area contributed by atoms with E-state index in [9.17, 15) is 9.59 Å². The van der Waals surface area contributed by atoms with Gasteiger partial charge < -0.3 is 9.47 Å². The first-order chi connectivity index (χ1) is 16.4. The van der Waals surface area contributed by atoms with Gasteiger partial charge in [0.2, 0.25) is 0 Å². The number of hydrogen-bond donors (Lipinski definition) is 0. The molecular formula is C30H32N2O2.